The Labute approximate surface area is 160 Å². The molecule has 136 valence electrons. The van der Waals surface area contributed by atoms with Crippen molar-refractivity contribution >= 4 is 22.7 Å². The van der Waals surface area contributed by atoms with Gasteiger partial charge in [0.05, 0.1) is 6.21 Å². The van der Waals surface area contributed by atoms with Crippen molar-refractivity contribution in [1.82, 2.24) is 4.90 Å². The Morgan fingerprint density at radius 2 is 1.59 bits per heavy atom. The van der Waals surface area contributed by atoms with Crippen LogP contribution in [0.25, 0.3) is 10.8 Å². The predicted molar refractivity (Wildman–Crippen MR) is 111 cm³/mol. The van der Waals surface area contributed by atoms with Crippen LogP contribution in [0.1, 0.15) is 36.1 Å². The molecule has 3 aromatic rings. The highest BCUT2D eigenvalue weighted by Gasteiger charge is 2.56. The lowest BCUT2D eigenvalue weighted by molar-refractivity contribution is -0.0477. The second-order valence-corrected chi connectivity index (χ2v) is 8.26. The van der Waals surface area contributed by atoms with Gasteiger partial charge in [-0.2, -0.15) is 0 Å². The van der Waals surface area contributed by atoms with E-state index in [4.69, 9.17) is 9.73 Å². The molecule has 0 amide bonds. The summed E-state index contributed by atoms with van der Waals surface area (Å²) in [5, 5.41) is 2.31. The van der Waals surface area contributed by atoms with E-state index in [2.05, 4.69) is 88.2 Å². The van der Waals surface area contributed by atoms with Crippen molar-refractivity contribution in [3.63, 3.8) is 0 Å². The van der Waals surface area contributed by atoms with E-state index in [0.29, 0.717) is 0 Å². The topological polar surface area (TPSA) is 24.8 Å². The third-order valence-electron chi connectivity index (χ3n) is 6.43. The van der Waals surface area contributed by atoms with E-state index in [0.717, 1.165) is 16.8 Å². The van der Waals surface area contributed by atoms with E-state index in [9.17, 15) is 0 Å². The van der Waals surface area contributed by atoms with Crippen LogP contribution >= 0.6 is 0 Å². The first-order valence-electron chi connectivity index (χ1n) is 9.47. The van der Waals surface area contributed by atoms with Crippen molar-refractivity contribution in [2.75, 3.05) is 7.05 Å². The molecule has 1 unspecified atom stereocenters. The van der Waals surface area contributed by atoms with Gasteiger partial charge in [-0.25, -0.2) is 0 Å². The zero-order valence-corrected chi connectivity index (χ0v) is 16.5. The molecule has 1 atom stereocenters. The van der Waals surface area contributed by atoms with Crippen molar-refractivity contribution in [3.05, 3.63) is 70.8 Å². The van der Waals surface area contributed by atoms with Gasteiger partial charge < -0.3 is 4.74 Å². The lowest BCUT2D eigenvalue weighted by Crippen LogP contribution is -2.51. The van der Waals surface area contributed by atoms with Crippen LogP contribution in [0.15, 0.2) is 53.5 Å². The number of hydrogen-bond donors (Lipinski definition) is 0. The van der Waals surface area contributed by atoms with Crippen LogP contribution in [0.5, 0.6) is 5.75 Å². The van der Waals surface area contributed by atoms with Gasteiger partial charge in [-0.15, -0.1) is 0 Å². The molecule has 0 fully saturated rings. The van der Waals surface area contributed by atoms with Gasteiger partial charge in [-0.1, -0.05) is 42.5 Å². The van der Waals surface area contributed by atoms with Crippen LogP contribution in [0, 0.1) is 13.8 Å². The van der Waals surface area contributed by atoms with Gasteiger partial charge in [0.25, 0.3) is 0 Å². The van der Waals surface area contributed by atoms with E-state index < -0.39 is 5.72 Å². The highest BCUT2D eigenvalue weighted by Crippen LogP contribution is 2.54. The third kappa shape index (κ3) is 1.98. The maximum Gasteiger partial charge on any atom is 0.227 e. The smallest absolute Gasteiger partial charge is 0.227 e. The first-order chi connectivity index (χ1) is 12.9. The van der Waals surface area contributed by atoms with Gasteiger partial charge in [-0.3, -0.25) is 9.89 Å². The zero-order chi connectivity index (χ0) is 19.0. The molecule has 0 aromatic heterocycles. The number of rotatable bonds is 0. The minimum atomic E-state index is -0.676. The molecule has 0 N–H and O–H groups in total. The average molecular weight is 356 g/mol. The minimum Gasteiger partial charge on any atom is -0.461 e. The Kier molecular flexibility index (Phi) is 3.18. The summed E-state index contributed by atoms with van der Waals surface area (Å²) in [7, 11) is 2.14. The largest absolute Gasteiger partial charge is 0.461 e. The third-order valence-corrected chi connectivity index (χ3v) is 6.43. The Bertz CT molecular complexity index is 1130. The number of fused-ring (bicyclic) bond motifs is 5. The van der Waals surface area contributed by atoms with Gasteiger partial charge in [0.15, 0.2) is 0 Å². The van der Waals surface area contributed by atoms with Crippen molar-refractivity contribution in [2.24, 2.45) is 4.99 Å². The molecular weight excluding hydrogens is 332 g/mol. The van der Waals surface area contributed by atoms with Gasteiger partial charge in [-0.05, 0) is 62.9 Å². The minimum absolute atomic E-state index is 0.147. The van der Waals surface area contributed by atoms with Crippen molar-refractivity contribution in [2.45, 2.75) is 39.0 Å². The second kappa shape index (κ2) is 5.20. The molecule has 2 aliphatic rings. The number of ether oxygens (including phenoxy) is 1. The fourth-order valence-corrected chi connectivity index (χ4v) is 4.88. The van der Waals surface area contributed by atoms with Gasteiger partial charge in [0.1, 0.15) is 11.4 Å². The van der Waals surface area contributed by atoms with Crippen LogP contribution in [0.3, 0.4) is 0 Å². The molecule has 3 heteroatoms. The van der Waals surface area contributed by atoms with Crippen molar-refractivity contribution in [1.29, 1.82) is 0 Å². The van der Waals surface area contributed by atoms with E-state index in [1.165, 1.54) is 27.6 Å². The van der Waals surface area contributed by atoms with Crippen LogP contribution < -0.4 is 4.74 Å². The van der Waals surface area contributed by atoms with Gasteiger partial charge in [0.2, 0.25) is 5.72 Å². The van der Waals surface area contributed by atoms with Crippen LogP contribution in [0.4, 0.5) is 5.69 Å². The number of hydrogen-bond acceptors (Lipinski definition) is 3. The molecule has 27 heavy (non-hydrogen) atoms. The lowest BCUT2D eigenvalue weighted by atomic mass is 9.86. The fourth-order valence-electron chi connectivity index (χ4n) is 4.88. The Morgan fingerprint density at radius 3 is 2.37 bits per heavy atom. The summed E-state index contributed by atoms with van der Waals surface area (Å²) in [5.41, 5.74) is 5.22. The molecule has 0 bridgehead atoms. The number of aliphatic imine (C=N–C) groups is 1. The quantitative estimate of drug-likeness (QED) is 0.525. The molecule has 0 saturated heterocycles. The molecule has 1 spiro atoms. The van der Waals surface area contributed by atoms with Gasteiger partial charge in [0, 0.05) is 16.5 Å². The highest BCUT2D eigenvalue weighted by atomic mass is 16.5. The summed E-state index contributed by atoms with van der Waals surface area (Å²) >= 11 is 0. The monoisotopic (exact) mass is 356 g/mol. The summed E-state index contributed by atoms with van der Waals surface area (Å²) in [6.07, 6.45) is 2.00. The Hall–Kier alpha value is -2.65. The number of benzene rings is 3. The molecule has 0 saturated carbocycles. The molecule has 2 aliphatic heterocycles. The first-order valence-corrected chi connectivity index (χ1v) is 9.47. The molecule has 2 heterocycles. The summed E-state index contributed by atoms with van der Waals surface area (Å²) < 4.78 is 6.78. The SMILES string of the molecule is Cc1ccc(C)c2c1C(C)(C)N(C)C21C=Nc2c(ccc3ccccc23)O1. The summed E-state index contributed by atoms with van der Waals surface area (Å²) in [5.74, 6) is 0.840. The molecule has 0 radical (unpaired) electrons. The van der Waals surface area contributed by atoms with E-state index in [1.807, 2.05) is 6.21 Å². The van der Waals surface area contributed by atoms with Gasteiger partial charge >= 0.3 is 0 Å². The van der Waals surface area contributed by atoms with E-state index >= 15 is 0 Å². The molecule has 5 rings (SSSR count). The molecule has 0 aliphatic carbocycles. The normalized spacial score (nSPS) is 22.7. The highest BCUT2D eigenvalue weighted by molar-refractivity contribution is 5.98. The molecule has 3 nitrogen and oxygen atoms in total. The van der Waals surface area contributed by atoms with Crippen molar-refractivity contribution < 1.29 is 4.74 Å². The Morgan fingerprint density at radius 1 is 0.889 bits per heavy atom. The molecular formula is C24H24N2O. The standard InChI is InChI=1S/C24H24N2O/c1-15-10-11-16(2)21-20(15)23(3,4)26(5)24(21)14-25-22-18-9-7-6-8-17(18)12-13-19(22)27-24/h6-14H,1-5H3. The maximum absolute atomic E-state index is 6.78. The van der Waals surface area contributed by atoms with Crippen LogP contribution in [0.2, 0.25) is 0 Å². The van der Waals surface area contributed by atoms with E-state index in [-0.39, 0.29) is 5.54 Å². The van der Waals surface area contributed by atoms with Crippen LogP contribution in [-0.4, -0.2) is 18.2 Å². The van der Waals surface area contributed by atoms with E-state index in [1.54, 1.807) is 0 Å². The fraction of sp³-hybridized carbons (Fsp3) is 0.292. The summed E-state index contributed by atoms with van der Waals surface area (Å²) in [6.45, 7) is 8.89. The van der Waals surface area contributed by atoms with Crippen LogP contribution in [-0.2, 0) is 11.3 Å². The zero-order valence-electron chi connectivity index (χ0n) is 16.5. The molecule has 3 aromatic carbocycles. The summed E-state index contributed by atoms with van der Waals surface area (Å²) in [6, 6.07) is 16.9. The Balaban J connectivity index is 1.78. The maximum atomic E-state index is 6.78. The number of nitrogens with zero attached hydrogens (tertiary/aromatic N) is 2. The number of aryl methyl sites for hydroxylation is 2. The second-order valence-electron chi connectivity index (χ2n) is 8.26. The lowest BCUT2D eigenvalue weighted by Gasteiger charge is -2.41. The first kappa shape index (κ1) is 16.5. The van der Waals surface area contributed by atoms with Crippen molar-refractivity contribution in [3.8, 4) is 5.75 Å². The predicted octanol–water partition coefficient (Wildman–Crippen LogP) is 5.58. The summed E-state index contributed by atoms with van der Waals surface area (Å²) in [4.78, 5) is 7.26. The average Bonchev–Trinajstić information content (AvgIpc) is 2.84.